The van der Waals surface area contributed by atoms with Crippen LogP contribution in [0.3, 0.4) is 0 Å². The number of aryl methyl sites for hydroxylation is 1. The van der Waals surface area contributed by atoms with Gasteiger partial charge in [-0.3, -0.25) is 4.79 Å². The molecule has 0 saturated carbocycles. The molecule has 0 saturated heterocycles. The molecule has 3 aromatic rings. The smallest absolute Gasteiger partial charge is 0.306 e. The van der Waals surface area contributed by atoms with E-state index in [0.29, 0.717) is 17.9 Å². The van der Waals surface area contributed by atoms with Crippen LogP contribution < -0.4 is 9.47 Å². The van der Waals surface area contributed by atoms with E-state index in [1.54, 1.807) is 26.2 Å². The second-order valence-electron chi connectivity index (χ2n) is 11.2. The molecule has 0 radical (unpaired) electrons. The molecule has 38 heavy (non-hydrogen) atoms. The number of ether oxygens (including phenoxy) is 2. The number of fused-ring (bicyclic) bond motifs is 1. The summed E-state index contributed by atoms with van der Waals surface area (Å²) in [5, 5.41) is 9.53. The summed E-state index contributed by atoms with van der Waals surface area (Å²) in [6, 6.07) is 17.0. The molecule has 5 rings (SSSR count). The minimum absolute atomic E-state index is 0.00577. The predicted molar refractivity (Wildman–Crippen MR) is 148 cm³/mol. The van der Waals surface area contributed by atoms with Gasteiger partial charge in [0.05, 0.1) is 13.0 Å². The van der Waals surface area contributed by atoms with E-state index in [4.69, 9.17) is 9.47 Å². The molecule has 2 aliphatic rings. The average molecular weight is 515 g/mol. The zero-order valence-electron chi connectivity index (χ0n) is 22.5. The summed E-state index contributed by atoms with van der Waals surface area (Å²) >= 11 is 0. The topological polar surface area (TPSA) is 55.8 Å². The Bertz CT molecular complexity index is 1400. The minimum atomic E-state index is -0.765. The number of hydrogen-bond acceptors (Lipinski definition) is 3. The summed E-state index contributed by atoms with van der Waals surface area (Å²) in [5.41, 5.74) is 6.87. The maximum absolute atomic E-state index is 15.0. The summed E-state index contributed by atoms with van der Waals surface area (Å²) in [4.78, 5) is 11.6. The van der Waals surface area contributed by atoms with Gasteiger partial charge in [-0.05, 0) is 107 Å². The molecule has 2 atom stereocenters. The number of rotatable bonds is 8. The predicted octanol–water partition coefficient (Wildman–Crippen LogP) is 8.03. The normalized spacial score (nSPS) is 18.6. The quantitative estimate of drug-likeness (QED) is 0.331. The first-order valence-corrected chi connectivity index (χ1v) is 13.3. The highest BCUT2D eigenvalue weighted by atomic mass is 19.1. The number of benzene rings is 3. The van der Waals surface area contributed by atoms with Crippen molar-refractivity contribution in [2.75, 3.05) is 7.11 Å². The fraction of sp³-hybridized carbons (Fsp3) is 0.364. The summed E-state index contributed by atoms with van der Waals surface area (Å²) < 4.78 is 26.6. The molecule has 0 aliphatic heterocycles. The lowest BCUT2D eigenvalue weighted by atomic mass is 9.79. The second-order valence-corrected chi connectivity index (χ2v) is 11.2. The average Bonchev–Trinajstić information content (AvgIpc) is 3.49. The fourth-order valence-corrected chi connectivity index (χ4v) is 6.00. The molecule has 0 bridgehead atoms. The van der Waals surface area contributed by atoms with Crippen molar-refractivity contribution in [3.05, 3.63) is 88.7 Å². The van der Waals surface area contributed by atoms with E-state index in [1.165, 1.54) is 17.2 Å². The molecule has 4 nitrogen and oxygen atoms in total. The van der Waals surface area contributed by atoms with Crippen LogP contribution in [0, 0.1) is 17.2 Å². The van der Waals surface area contributed by atoms with Crippen LogP contribution in [0.5, 0.6) is 11.5 Å². The van der Waals surface area contributed by atoms with Gasteiger partial charge in [-0.15, -0.1) is 0 Å². The van der Waals surface area contributed by atoms with Crippen LogP contribution in [0.4, 0.5) is 4.39 Å². The molecule has 0 unspecified atom stereocenters. The zero-order valence-corrected chi connectivity index (χ0v) is 22.5. The van der Waals surface area contributed by atoms with Crippen molar-refractivity contribution in [2.45, 2.75) is 59.0 Å². The molecule has 0 fully saturated rings. The highest BCUT2D eigenvalue weighted by Crippen LogP contribution is 2.47. The van der Waals surface area contributed by atoms with Crippen LogP contribution in [0.15, 0.2) is 60.7 Å². The van der Waals surface area contributed by atoms with Crippen LogP contribution in [-0.2, 0) is 17.8 Å². The SMILES string of the molecule is COc1ccc(F)c(-c2ccc(COc3ccc4c(c3)[C@@H]([C@@H](C)C(=O)O)CC4)cc2C2=CCCC2(C)C)c1. The number of carboxylic acids is 1. The Hall–Kier alpha value is -3.60. The molecule has 5 heteroatoms. The van der Waals surface area contributed by atoms with Gasteiger partial charge in [-0.2, -0.15) is 0 Å². The number of carboxylic acid groups (broad SMARTS) is 1. The van der Waals surface area contributed by atoms with Crippen molar-refractivity contribution in [3.8, 4) is 22.6 Å². The van der Waals surface area contributed by atoms with Gasteiger partial charge >= 0.3 is 5.97 Å². The number of aliphatic carboxylic acids is 1. The Labute approximate surface area is 224 Å². The highest BCUT2D eigenvalue weighted by molar-refractivity contribution is 5.85. The largest absolute Gasteiger partial charge is 0.497 e. The Balaban J connectivity index is 1.46. The van der Waals surface area contributed by atoms with Crippen molar-refractivity contribution in [3.63, 3.8) is 0 Å². The number of methoxy groups -OCH3 is 1. The van der Waals surface area contributed by atoms with Gasteiger partial charge in [0.1, 0.15) is 23.9 Å². The Morgan fingerprint density at radius 3 is 2.55 bits per heavy atom. The van der Waals surface area contributed by atoms with E-state index < -0.39 is 11.9 Å². The summed E-state index contributed by atoms with van der Waals surface area (Å²) in [7, 11) is 1.59. The zero-order chi connectivity index (χ0) is 27.0. The number of carbonyl (C=O) groups is 1. The third-order valence-electron chi connectivity index (χ3n) is 8.32. The molecular weight excluding hydrogens is 479 g/mol. The Morgan fingerprint density at radius 2 is 1.84 bits per heavy atom. The van der Waals surface area contributed by atoms with Crippen LogP contribution in [0.1, 0.15) is 68.2 Å². The van der Waals surface area contributed by atoms with Crippen molar-refractivity contribution in [1.29, 1.82) is 0 Å². The van der Waals surface area contributed by atoms with E-state index in [0.717, 1.165) is 53.7 Å². The molecular formula is C33H35FO4. The number of halogens is 1. The maximum Gasteiger partial charge on any atom is 0.306 e. The third kappa shape index (κ3) is 4.94. The number of hydrogen-bond donors (Lipinski definition) is 1. The van der Waals surface area contributed by atoms with E-state index in [2.05, 4.69) is 32.1 Å². The van der Waals surface area contributed by atoms with E-state index in [-0.39, 0.29) is 17.2 Å². The van der Waals surface area contributed by atoms with Crippen LogP contribution in [-0.4, -0.2) is 18.2 Å². The molecule has 0 heterocycles. The summed E-state index contributed by atoms with van der Waals surface area (Å²) in [6.07, 6.45) is 6.06. The van der Waals surface area contributed by atoms with Crippen LogP contribution in [0.25, 0.3) is 16.7 Å². The molecule has 2 aliphatic carbocycles. The lowest BCUT2D eigenvalue weighted by Gasteiger charge is -2.25. The Kier molecular flexibility index (Phi) is 7.04. The van der Waals surface area contributed by atoms with E-state index >= 15 is 4.39 Å². The second kappa shape index (κ2) is 10.3. The third-order valence-corrected chi connectivity index (χ3v) is 8.32. The van der Waals surface area contributed by atoms with Gasteiger partial charge in [0.15, 0.2) is 0 Å². The van der Waals surface area contributed by atoms with Crippen molar-refractivity contribution in [1.82, 2.24) is 0 Å². The molecule has 198 valence electrons. The van der Waals surface area contributed by atoms with Gasteiger partial charge in [-0.1, -0.05) is 45.0 Å². The molecule has 1 N–H and O–H groups in total. The van der Waals surface area contributed by atoms with E-state index in [1.807, 2.05) is 24.3 Å². The standard InChI is InChI=1S/C33H35FO4/c1-20(32(35)36)25-13-9-22-8-10-24(18-27(22)25)38-19-21-7-12-26(29-17-23(37-4)11-14-31(29)34)28(16-21)30-6-5-15-33(30,2)3/h6-8,10-12,14,16-18,20,25H,5,9,13,15,19H2,1-4H3,(H,35,36)/t20-,25-/m1/s1. The van der Waals surface area contributed by atoms with Crippen LogP contribution in [0.2, 0.25) is 0 Å². The first-order valence-electron chi connectivity index (χ1n) is 13.3. The minimum Gasteiger partial charge on any atom is -0.497 e. The van der Waals surface area contributed by atoms with Crippen LogP contribution >= 0.6 is 0 Å². The first kappa shape index (κ1) is 26.0. The lowest BCUT2D eigenvalue weighted by molar-refractivity contribution is -0.141. The van der Waals surface area contributed by atoms with E-state index in [9.17, 15) is 9.90 Å². The molecule has 0 spiro atoms. The maximum atomic E-state index is 15.0. The van der Waals surface area contributed by atoms with Gasteiger partial charge in [0.25, 0.3) is 0 Å². The van der Waals surface area contributed by atoms with Gasteiger partial charge < -0.3 is 14.6 Å². The first-order chi connectivity index (χ1) is 18.2. The summed E-state index contributed by atoms with van der Waals surface area (Å²) in [5.74, 6) is -0.119. The fourth-order valence-electron chi connectivity index (χ4n) is 6.00. The van der Waals surface area contributed by atoms with Gasteiger partial charge in [0.2, 0.25) is 0 Å². The number of allylic oxidation sites excluding steroid dienone is 2. The van der Waals surface area contributed by atoms with Gasteiger partial charge in [-0.25, -0.2) is 4.39 Å². The van der Waals surface area contributed by atoms with Crippen molar-refractivity contribution < 1.29 is 23.8 Å². The lowest BCUT2D eigenvalue weighted by Crippen LogP contribution is -2.17. The molecule has 3 aromatic carbocycles. The monoisotopic (exact) mass is 514 g/mol. The van der Waals surface area contributed by atoms with Gasteiger partial charge in [0, 0.05) is 5.56 Å². The Morgan fingerprint density at radius 1 is 1.05 bits per heavy atom. The van der Waals surface area contributed by atoms with Crippen molar-refractivity contribution >= 4 is 11.5 Å². The highest BCUT2D eigenvalue weighted by Gasteiger charge is 2.32. The molecule has 0 amide bonds. The molecule has 0 aromatic heterocycles. The summed E-state index contributed by atoms with van der Waals surface area (Å²) in [6.45, 7) is 6.61. The van der Waals surface area contributed by atoms with Crippen molar-refractivity contribution in [2.24, 2.45) is 11.3 Å².